The summed E-state index contributed by atoms with van der Waals surface area (Å²) in [6.07, 6.45) is 3.60. The van der Waals surface area contributed by atoms with Crippen LogP contribution in [0.2, 0.25) is 0 Å². The smallest absolute Gasteiger partial charge is 0.261 e. The minimum atomic E-state index is -0.332. The fraction of sp³-hybridized carbons (Fsp3) is 0.250. The molecule has 5 rings (SSSR count). The molecule has 0 unspecified atom stereocenters. The van der Waals surface area contributed by atoms with Crippen molar-refractivity contribution in [2.75, 3.05) is 30.4 Å². The van der Waals surface area contributed by atoms with Crippen molar-refractivity contribution in [1.29, 1.82) is 0 Å². The summed E-state index contributed by atoms with van der Waals surface area (Å²) >= 11 is 0. The molecular weight excluding hydrogens is 442 g/mol. The number of rotatable bonds is 6. The Morgan fingerprint density at radius 3 is 2.29 bits per heavy atom. The summed E-state index contributed by atoms with van der Waals surface area (Å²) in [5, 5.41) is 2.97. The molecule has 0 atom stereocenters. The largest absolute Gasteiger partial charge is 0.496 e. The van der Waals surface area contributed by atoms with Crippen molar-refractivity contribution in [3.8, 4) is 5.75 Å². The van der Waals surface area contributed by atoms with Gasteiger partial charge in [0.15, 0.2) is 0 Å². The molecular formula is C28H27N3O4. The van der Waals surface area contributed by atoms with Crippen LogP contribution in [0.5, 0.6) is 5.75 Å². The number of anilines is 2. The number of imide groups is 1. The zero-order chi connectivity index (χ0) is 24.4. The second-order valence-corrected chi connectivity index (χ2v) is 8.83. The van der Waals surface area contributed by atoms with Crippen molar-refractivity contribution in [3.05, 3.63) is 89.0 Å². The second kappa shape index (κ2) is 9.62. The van der Waals surface area contributed by atoms with Gasteiger partial charge in [-0.15, -0.1) is 0 Å². The van der Waals surface area contributed by atoms with Gasteiger partial charge in [-0.1, -0.05) is 24.3 Å². The SMILES string of the molecule is COc1ccc(CN2C(=O)c3ccccc3C2=O)cc1C(=O)Nc1cccc(N2CCCCC2)c1. The van der Waals surface area contributed by atoms with E-state index in [1.165, 1.54) is 31.3 Å². The van der Waals surface area contributed by atoms with E-state index < -0.39 is 0 Å². The van der Waals surface area contributed by atoms with Crippen molar-refractivity contribution in [3.63, 3.8) is 0 Å². The molecule has 0 aliphatic carbocycles. The molecule has 0 aromatic heterocycles. The lowest BCUT2D eigenvalue weighted by Crippen LogP contribution is -2.29. The van der Waals surface area contributed by atoms with E-state index in [1.54, 1.807) is 42.5 Å². The number of fused-ring (bicyclic) bond motifs is 1. The van der Waals surface area contributed by atoms with Crippen LogP contribution in [0.3, 0.4) is 0 Å². The first-order valence-corrected chi connectivity index (χ1v) is 11.8. The van der Waals surface area contributed by atoms with E-state index in [0.29, 0.717) is 33.7 Å². The van der Waals surface area contributed by atoms with Crippen LogP contribution in [0.15, 0.2) is 66.7 Å². The number of amides is 3. The number of hydrogen-bond donors (Lipinski definition) is 1. The van der Waals surface area contributed by atoms with Crippen LogP contribution in [0, 0.1) is 0 Å². The molecule has 1 N–H and O–H groups in total. The van der Waals surface area contributed by atoms with Crippen LogP contribution < -0.4 is 15.0 Å². The maximum absolute atomic E-state index is 13.2. The first kappa shape index (κ1) is 22.7. The van der Waals surface area contributed by atoms with Crippen LogP contribution in [0.25, 0.3) is 0 Å². The van der Waals surface area contributed by atoms with Gasteiger partial charge in [0.25, 0.3) is 17.7 Å². The van der Waals surface area contributed by atoms with E-state index >= 15 is 0 Å². The fourth-order valence-corrected chi connectivity index (χ4v) is 4.73. The first-order valence-electron chi connectivity index (χ1n) is 11.8. The number of methoxy groups -OCH3 is 1. The number of benzene rings is 3. The molecule has 1 fully saturated rings. The van der Waals surface area contributed by atoms with E-state index in [2.05, 4.69) is 16.3 Å². The maximum atomic E-state index is 13.2. The van der Waals surface area contributed by atoms with Crippen LogP contribution in [-0.4, -0.2) is 42.8 Å². The molecule has 7 nitrogen and oxygen atoms in total. The first-order chi connectivity index (χ1) is 17.0. The van der Waals surface area contributed by atoms with E-state index in [1.807, 2.05) is 18.2 Å². The summed E-state index contributed by atoms with van der Waals surface area (Å²) in [7, 11) is 1.51. The Kier molecular flexibility index (Phi) is 6.23. The fourth-order valence-electron chi connectivity index (χ4n) is 4.73. The lowest BCUT2D eigenvalue weighted by molar-refractivity contribution is 0.0642. The molecule has 2 aliphatic rings. The van der Waals surface area contributed by atoms with Gasteiger partial charge in [0.1, 0.15) is 5.75 Å². The number of ether oxygens (including phenoxy) is 1. The lowest BCUT2D eigenvalue weighted by atomic mass is 10.1. The summed E-state index contributed by atoms with van der Waals surface area (Å²) < 4.78 is 5.42. The highest BCUT2D eigenvalue weighted by molar-refractivity contribution is 6.21. The minimum absolute atomic E-state index is 0.0705. The summed E-state index contributed by atoms with van der Waals surface area (Å²) in [4.78, 5) is 42.3. The average molecular weight is 470 g/mol. The number of nitrogens with zero attached hydrogens (tertiary/aromatic N) is 2. The number of carbonyl (C=O) groups excluding carboxylic acids is 3. The normalized spacial score (nSPS) is 15.2. The molecule has 35 heavy (non-hydrogen) atoms. The van der Waals surface area contributed by atoms with Crippen molar-refractivity contribution in [2.45, 2.75) is 25.8 Å². The Morgan fingerprint density at radius 1 is 0.886 bits per heavy atom. The van der Waals surface area contributed by atoms with E-state index in [-0.39, 0.29) is 24.3 Å². The summed E-state index contributed by atoms with van der Waals surface area (Å²) in [6.45, 7) is 2.11. The summed E-state index contributed by atoms with van der Waals surface area (Å²) in [5.74, 6) is -0.563. The van der Waals surface area contributed by atoms with Gasteiger partial charge in [-0.3, -0.25) is 19.3 Å². The Labute approximate surface area is 204 Å². The van der Waals surface area contributed by atoms with Crippen molar-refractivity contribution in [2.24, 2.45) is 0 Å². The van der Waals surface area contributed by atoms with Crippen molar-refractivity contribution < 1.29 is 19.1 Å². The molecule has 0 radical (unpaired) electrons. The number of nitrogens with one attached hydrogen (secondary N) is 1. The molecule has 2 heterocycles. The standard InChI is InChI=1S/C28H27N3O4/c1-35-25-13-12-19(18-31-27(33)22-10-3-4-11-23(22)28(31)34)16-24(25)26(32)29-20-8-7-9-21(17-20)30-14-5-2-6-15-30/h3-4,7-13,16-17H,2,5-6,14-15,18H2,1H3,(H,29,32). The highest BCUT2D eigenvalue weighted by Crippen LogP contribution is 2.28. The third kappa shape index (κ3) is 4.49. The summed E-state index contributed by atoms with van der Waals surface area (Å²) in [6, 6.07) is 19.8. The molecule has 3 aromatic carbocycles. The monoisotopic (exact) mass is 469 g/mol. The molecule has 7 heteroatoms. The van der Waals surface area contributed by atoms with Crippen molar-refractivity contribution >= 4 is 29.1 Å². The maximum Gasteiger partial charge on any atom is 0.261 e. The zero-order valence-corrected chi connectivity index (χ0v) is 19.6. The van der Waals surface area contributed by atoms with Gasteiger partial charge in [-0.05, 0) is 67.3 Å². The van der Waals surface area contributed by atoms with Crippen molar-refractivity contribution in [1.82, 2.24) is 4.90 Å². The predicted molar refractivity (Wildman–Crippen MR) is 134 cm³/mol. The molecule has 3 amide bonds. The quantitative estimate of drug-likeness (QED) is 0.528. The molecule has 2 aliphatic heterocycles. The molecule has 178 valence electrons. The van der Waals surface area contributed by atoms with Crippen LogP contribution >= 0.6 is 0 Å². The van der Waals surface area contributed by atoms with Crippen LogP contribution in [0.1, 0.15) is 55.9 Å². The van der Waals surface area contributed by atoms with Gasteiger partial charge < -0.3 is 15.0 Å². The Bertz CT molecular complexity index is 1260. The van der Waals surface area contributed by atoms with Gasteiger partial charge in [0.2, 0.25) is 0 Å². The van der Waals surface area contributed by atoms with Gasteiger partial charge in [0, 0.05) is 24.5 Å². The highest BCUT2D eigenvalue weighted by Gasteiger charge is 2.35. The summed E-state index contributed by atoms with van der Waals surface area (Å²) in [5.41, 5.74) is 3.59. The van der Waals surface area contributed by atoms with Gasteiger partial charge >= 0.3 is 0 Å². The van der Waals surface area contributed by atoms with E-state index in [4.69, 9.17) is 4.74 Å². The lowest BCUT2D eigenvalue weighted by Gasteiger charge is -2.29. The van der Waals surface area contributed by atoms with Crippen LogP contribution in [-0.2, 0) is 6.54 Å². The Morgan fingerprint density at radius 2 is 1.60 bits per heavy atom. The Balaban J connectivity index is 1.35. The number of hydrogen-bond acceptors (Lipinski definition) is 5. The van der Waals surface area contributed by atoms with Crippen LogP contribution in [0.4, 0.5) is 11.4 Å². The third-order valence-electron chi connectivity index (χ3n) is 6.55. The Hall–Kier alpha value is -4.13. The van der Waals surface area contributed by atoms with E-state index in [9.17, 15) is 14.4 Å². The minimum Gasteiger partial charge on any atom is -0.496 e. The topological polar surface area (TPSA) is 78.9 Å². The molecule has 0 saturated carbocycles. The predicted octanol–water partition coefficient (Wildman–Crippen LogP) is 4.73. The molecule has 1 saturated heterocycles. The number of piperidine rings is 1. The second-order valence-electron chi connectivity index (χ2n) is 8.83. The molecule has 0 spiro atoms. The molecule has 0 bridgehead atoms. The highest BCUT2D eigenvalue weighted by atomic mass is 16.5. The third-order valence-corrected chi connectivity index (χ3v) is 6.55. The van der Waals surface area contributed by atoms with E-state index in [0.717, 1.165) is 18.8 Å². The average Bonchev–Trinajstić information content (AvgIpc) is 3.14. The zero-order valence-electron chi connectivity index (χ0n) is 19.6. The van der Waals surface area contributed by atoms with Gasteiger partial charge in [0.05, 0.1) is 30.3 Å². The van der Waals surface area contributed by atoms with Gasteiger partial charge in [-0.2, -0.15) is 0 Å². The molecule has 3 aromatic rings. The number of carbonyl (C=O) groups is 3. The van der Waals surface area contributed by atoms with Gasteiger partial charge in [-0.25, -0.2) is 0 Å².